The lowest BCUT2D eigenvalue weighted by molar-refractivity contribution is -0.133. The van der Waals surface area contributed by atoms with Gasteiger partial charge in [0.05, 0.1) is 0 Å². The minimum atomic E-state index is 0.119. The molecule has 0 aliphatic carbocycles. The van der Waals surface area contributed by atoms with Gasteiger partial charge in [0, 0.05) is 18.5 Å². The van der Waals surface area contributed by atoms with Gasteiger partial charge in [-0.1, -0.05) is 142 Å². The first kappa shape index (κ1) is 29.5. The third-order valence-corrected chi connectivity index (χ3v) is 7.86. The summed E-state index contributed by atoms with van der Waals surface area (Å²) in [5, 5.41) is 0. The van der Waals surface area contributed by atoms with Crippen LogP contribution in [0, 0.1) is 0 Å². The highest BCUT2D eigenvalue weighted by Crippen LogP contribution is 2.33. The van der Waals surface area contributed by atoms with Gasteiger partial charge < -0.3 is 4.90 Å². The van der Waals surface area contributed by atoms with Crippen molar-refractivity contribution in [2.24, 2.45) is 0 Å². The molecule has 0 atom stereocenters. The maximum atomic E-state index is 12.5. The minimum absolute atomic E-state index is 0.119. The van der Waals surface area contributed by atoms with E-state index < -0.39 is 0 Å². The van der Waals surface area contributed by atoms with E-state index in [1.54, 1.807) is 0 Å². The molecule has 1 saturated heterocycles. The summed E-state index contributed by atoms with van der Waals surface area (Å²) in [6.45, 7) is 7.99. The third-order valence-electron chi connectivity index (χ3n) is 7.86. The summed E-state index contributed by atoms with van der Waals surface area (Å²) in [4.78, 5) is 14.8. The van der Waals surface area contributed by atoms with Crippen molar-refractivity contribution in [1.82, 2.24) is 4.90 Å². The van der Waals surface area contributed by atoms with Crippen molar-refractivity contribution >= 4 is 5.91 Å². The molecular formula is C30H59NO. The topological polar surface area (TPSA) is 20.3 Å². The standard InChI is InChI=1S/C30H59NO/c1-4-6-8-10-12-14-16-18-20-22-26-30(3,31-28-24-25-29(31)32)27-23-21-19-17-15-13-11-9-7-5-2/h4-28H2,1-3H3. The van der Waals surface area contributed by atoms with E-state index in [1.165, 1.54) is 141 Å². The van der Waals surface area contributed by atoms with Crippen LogP contribution in [0.3, 0.4) is 0 Å². The number of carbonyl (C=O) groups excluding carboxylic acids is 1. The SMILES string of the molecule is CCCCCCCCCCCCC(C)(CCCCCCCCCCCC)N1CCCC1=O. The second kappa shape index (κ2) is 19.9. The molecule has 1 amide bonds. The molecule has 0 aromatic rings. The number of hydrogen-bond acceptors (Lipinski definition) is 1. The fourth-order valence-electron chi connectivity index (χ4n) is 5.60. The van der Waals surface area contributed by atoms with Crippen LogP contribution in [0.25, 0.3) is 0 Å². The van der Waals surface area contributed by atoms with Crippen molar-refractivity contribution in [1.29, 1.82) is 0 Å². The van der Waals surface area contributed by atoms with Gasteiger partial charge in [0.15, 0.2) is 0 Å². The number of likely N-dealkylation sites (tertiary alicyclic amines) is 1. The highest BCUT2D eigenvalue weighted by atomic mass is 16.2. The summed E-state index contributed by atoms with van der Waals surface area (Å²) in [6, 6.07) is 0. The van der Waals surface area contributed by atoms with Crippen molar-refractivity contribution in [2.75, 3.05) is 6.54 Å². The number of nitrogens with zero attached hydrogens (tertiary/aromatic N) is 1. The molecule has 32 heavy (non-hydrogen) atoms. The van der Waals surface area contributed by atoms with E-state index in [1.807, 2.05) is 0 Å². The molecule has 1 aliphatic rings. The first-order valence-electron chi connectivity index (χ1n) is 14.9. The lowest BCUT2D eigenvalue weighted by Crippen LogP contribution is -2.47. The predicted octanol–water partition coefficient (Wildman–Crippen LogP) is 9.99. The molecule has 0 unspecified atom stereocenters. The highest BCUT2D eigenvalue weighted by molar-refractivity contribution is 5.78. The zero-order valence-electron chi connectivity index (χ0n) is 22.5. The zero-order valence-corrected chi connectivity index (χ0v) is 22.5. The van der Waals surface area contributed by atoms with E-state index in [0.29, 0.717) is 5.91 Å². The zero-order chi connectivity index (χ0) is 23.3. The van der Waals surface area contributed by atoms with Crippen LogP contribution in [-0.4, -0.2) is 22.9 Å². The van der Waals surface area contributed by atoms with E-state index in [0.717, 1.165) is 19.4 Å². The molecule has 1 aliphatic heterocycles. The number of rotatable bonds is 23. The van der Waals surface area contributed by atoms with Gasteiger partial charge in [-0.15, -0.1) is 0 Å². The van der Waals surface area contributed by atoms with Gasteiger partial charge in [-0.3, -0.25) is 4.79 Å². The average molecular weight is 450 g/mol. The van der Waals surface area contributed by atoms with E-state index in [4.69, 9.17) is 0 Å². The molecule has 0 N–H and O–H groups in total. The Bertz CT molecular complexity index is 409. The van der Waals surface area contributed by atoms with Crippen LogP contribution in [0.4, 0.5) is 0 Å². The number of hydrogen-bond donors (Lipinski definition) is 0. The van der Waals surface area contributed by atoms with E-state index in [-0.39, 0.29) is 5.54 Å². The quantitative estimate of drug-likeness (QED) is 0.142. The number of unbranched alkanes of at least 4 members (excludes halogenated alkanes) is 18. The second-order valence-corrected chi connectivity index (χ2v) is 11.0. The van der Waals surface area contributed by atoms with Crippen molar-refractivity contribution in [3.05, 3.63) is 0 Å². The monoisotopic (exact) mass is 449 g/mol. The Kier molecular flexibility index (Phi) is 18.3. The minimum Gasteiger partial charge on any atom is -0.337 e. The Morgan fingerprint density at radius 1 is 0.594 bits per heavy atom. The van der Waals surface area contributed by atoms with Gasteiger partial charge in [-0.2, -0.15) is 0 Å². The largest absolute Gasteiger partial charge is 0.337 e. The molecule has 1 rings (SSSR count). The highest BCUT2D eigenvalue weighted by Gasteiger charge is 2.36. The second-order valence-electron chi connectivity index (χ2n) is 11.0. The summed E-state index contributed by atoms with van der Waals surface area (Å²) in [5.74, 6) is 0.423. The molecule has 1 fully saturated rings. The van der Waals surface area contributed by atoms with E-state index in [2.05, 4.69) is 25.7 Å². The van der Waals surface area contributed by atoms with Gasteiger partial charge in [0.25, 0.3) is 0 Å². The van der Waals surface area contributed by atoms with E-state index in [9.17, 15) is 4.79 Å². The molecule has 0 aromatic heterocycles. The van der Waals surface area contributed by atoms with Gasteiger partial charge in [-0.25, -0.2) is 0 Å². The maximum Gasteiger partial charge on any atom is 0.223 e. The summed E-state index contributed by atoms with van der Waals surface area (Å²) < 4.78 is 0. The Morgan fingerprint density at radius 3 is 1.25 bits per heavy atom. The molecule has 190 valence electrons. The Hall–Kier alpha value is -0.530. The molecule has 1 heterocycles. The van der Waals surface area contributed by atoms with Crippen LogP contribution in [0.15, 0.2) is 0 Å². The molecule has 0 saturated carbocycles. The normalized spacial score (nSPS) is 14.6. The fourth-order valence-corrected chi connectivity index (χ4v) is 5.60. The van der Waals surface area contributed by atoms with Gasteiger partial charge in [0.1, 0.15) is 0 Å². The molecule has 0 spiro atoms. The van der Waals surface area contributed by atoms with Crippen molar-refractivity contribution < 1.29 is 4.79 Å². The molecule has 2 heteroatoms. The first-order valence-corrected chi connectivity index (χ1v) is 14.9. The summed E-state index contributed by atoms with van der Waals surface area (Å²) in [6.07, 6.45) is 32.1. The smallest absolute Gasteiger partial charge is 0.223 e. The molecule has 0 aromatic carbocycles. The first-order chi connectivity index (χ1) is 15.6. The Morgan fingerprint density at radius 2 is 0.938 bits per heavy atom. The number of carbonyl (C=O) groups is 1. The van der Waals surface area contributed by atoms with Gasteiger partial charge in [0.2, 0.25) is 5.91 Å². The van der Waals surface area contributed by atoms with Crippen LogP contribution in [0.1, 0.15) is 175 Å². The van der Waals surface area contributed by atoms with E-state index >= 15 is 0 Å². The maximum absolute atomic E-state index is 12.5. The lowest BCUT2D eigenvalue weighted by Gasteiger charge is -2.39. The van der Waals surface area contributed by atoms with Crippen molar-refractivity contribution in [2.45, 2.75) is 180 Å². The fraction of sp³-hybridized carbons (Fsp3) is 0.967. The van der Waals surface area contributed by atoms with Crippen LogP contribution in [0.2, 0.25) is 0 Å². The summed E-state index contributed by atoms with van der Waals surface area (Å²) in [5.41, 5.74) is 0.119. The average Bonchev–Trinajstić information content (AvgIpc) is 3.23. The molecule has 2 nitrogen and oxygen atoms in total. The predicted molar refractivity (Wildman–Crippen MR) is 142 cm³/mol. The van der Waals surface area contributed by atoms with Crippen molar-refractivity contribution in [3.8, 4) is 0 Å². The third kappa shape index (κ3) is 13.9. The van der Waals surface area contributed by atoms with Crippen molar-refractivity contribution in [3.63, 3.8) is 0 Å². The lowest BCUT2D eigenvalue weighted by atomic mass is 9.86. The van der Waals surface area contributed by atoms with Gasteiger partial charge >= 0.3 is 0 Å². The van der Waals surface area contributed by atoms with Gasteiger partial charge in [-0.05, 0) is 26.2 Å². The molecular weight excluding hydrogens is 390 g/mol. The summed E-state index contributed by atoms with van der Waals surface area (Å²) >= 11 is 0. The Labute approximate surface area is 202 Å². The Balaban J connectivity index is 2.18. The molecule has 0 radical (unpaired) electrons. The van der Waals surface area contributed by atoms with Crippen LogP contribution in [0.5, 0.6) is 0 Å². The number of amides is 1. The van der Waals surface area contributed by atoms with Crippen LogP contribution >= 0.6 is 0 Å². The summed E-state index contributed by atoms with van der Waals surface area (Å²) in [7, 11) is 0. The van der Waals surface area contributed by atoms with Crippen LogP contribution < -0.4 is 0 Å². The molecule has 0 bridgehead atoms. The van der Waals surface area contributed by atoms with Crippen LogP contribution in [-0.2, 0) is 4.79 Å².